The van der Waals surface area contributed by atoms with Crippen LogP contribution in [-0.4, -0.2) is 19.7 Å². The number of hydrogen-bond donors (Lipinski definition) is 1. The van der Waals surface area contributed by atoms with Crippen LogP contribution in [0.3, 0.4) is 0 Å². The summed E-state index contributed by atoms with van der Waals surface area (Å²) in [6.45, 7) is 0. The number of aryl methyl sites for hydroxylation is 1. The van der Waals surface area contributed by atoms with E-state index in [4.69, 9.17) is 5.73 Å². The van der Waals surface area contributed by atoms with Gasteiger partial charge in [-0.2, -0.15) is 5.11 Å². The molecule has 0 bridgehead atoms. The Morgan fingerprint density at radius 2 is 1.88 bits per heavy atom. The van der Waals surface area contributed by atoms with E-state index in [1.54, 1.807) is 12.5 Å². The number of aromatic nitrogens is 4. The van der Waals surface area contributed by atoms with Crippen molar-refractivity contribution in [1.82, 2.24) is 19.7 Å². The molecule has 0 aliphatic rings. The van der Waals surface area contributed by atoms with Gasteiger partial charge in [0.25, 0.3) is 0 Å². The van der Waals surface area contributed by atoms with Crippen molar-refractivity contribution in [3.05, 3.63) is 59.5 Å². The van der Waals surface area contributed by atoms with Crippen molar-refractivity contribution in [3.8, 4) is 11.4 Å². The van der Waals surface area contributed by atoms with Gasteiger partial charge in [0, 0.05) is 34.1 Å². The van der Waals surface area contributed by atoms with Gasteiger partial charge >= 0.3 is 0 Å². The van der Waals surface area contributed by atoms with Gasteiger partial charge in [0.15, 0.2) is 11.6 Å². The second kappa shape index (κ2) is 6.64. The summed E-state index contributed by atoms with van der Waals surface area (Å²) in [7, 11) is 1.90. The van der Waals surface area contributed by atoms with Crippen LogP contribution in [-0.2, 0) is 7.05 Å². The molecule has 0 spiro atoms. The quantitative estimate of drug-likeness (QED) is 0.493. The molecular weight excluding hydrogens is 394 g/mol. The van der Waals surface area contributed by atoms with Gasteiger partial charge in [0.1, 0.15) is 12.0 Å². The Kier molecular flexibility index (Phi) is 4.18. The van der Waals surface area contributed by atoms with Gasteiger partial charge in [-0.1, -0.05) is 22.0 Å². The smallest absolute Gasteiger partial charge is 0.163 e. The highest BCUT2D eigenvalue weighted by atomic mass is 79.9. The van der Waals surface area contributed by atoms with Crippen molar-refractivity contribution in [2.75, 3.05) is 5.73 Å². The second-order valence-electron chi connectivity index (χ2n) is 5.74. The maximum atomic E-state index is 6.01. The molecule has 0 saturated heterocycles. The van der Waals surface area contributed by atoms with Gasteiger partial charge in [0.05, 0.1) is 5.69 Å². The molecule has 2 aromatic heterocycles. The van der Waals surface area contributed by atoms with E-state index >= 15 is 0 Å². The van der Waals surface area contributed by atoms with Crippen LogP contribution in [0, 0.1) is 0 Å². The van der Waals surface area contributed by atoms with Crippen molar-refractivity contribution < 1.29 is 0 Å². The van der Waals surface area contributed by atoms with E-state index in [1.807, 2.05) is 54.1 Å². The molecule has 0 aliphatic carbocycles. The lowest BCUT2D eigenvalue weighted by molar-refractivity contribution is 0.920. The standard InChI is InChI=1S/C18H14BrN7/c1-26-10-22-25-18(26)11-3-6-14(7-4-11)23-24-16-15-8-13(19)5-2-12(15)9-21-17(16)20/h2-10H,1H3,(H2,20,21)/b24-23+. The fourth-order valence-corrected chi connectivity index (χ4v) is 2.98. The third-order valence-electron chi connectivity index (χ3n) is 3.96. The number of azo groups is 1. The number of anilines is 1. The van der Waals surface area contributed by atoms with Crippen molar-refractivity contribution in [2.45, 2.75) is 0 Å². The third-order valence-corrected chi connectivity index (χ3v) is 4.45. The number of nitrogens with two attached hydrogens (primary N) is 1. The number of pyridine rings is 1. The Balaban J connectivity index is 1.68. The molecule has 2 aromatic carbocycles. The van der Waals surface area contributed by atoms with Gasteiger partial charge in [-0.05, 0) is 36.4 Å². The largest absolute Gasteiger partial charge is 0.382 e. The molecule has 0 saturated carbocycles. The lowest BCUT2D eigenvalue weighted by Crippen LogP contribution is -1.91. The summed E-state index contributed by atoms with van der Waals surface area (Å²) in [5, 5.41) is 18.5. The SMILES string of the molecule is Cn1cnnc1-c1ccc(/N=N/c2c(N)ncc3ccc(Br)cc23)cc1. The molecule has 4 aromatic rings. The average Bonchev–Trinajstić information content (AvgIpc) is 3.07. The molecule has 0 aliphatic heterocycles. The first-order valence-electron chi connectivity index (χ1n) is 7.82. The van der Waals surface area contributed by atoms with Crippen LogP contribution in [0.2, 0.25) is 0 Å². The average molecular weight is 408 g/mol. The monoisotopic (exact) mass is 407 g/mol. The van der Waals surface area contributed by atoms with Gasteiger partial charge in [0.2, 0.25) is 0 Å². The summed E-state index contributed by atoms with van der Waals surface area (Å²) in [6, 6.07) is 13.5. The highest BCUT2D eigenvalue weighted by Crippen LogP contribution is 2.33. The zero-order chi connectivity index (χ0) is 18.1. The first-order chi connectivity index (χ1) is 12.6. The lowest BCUT2D eigenvalue weighted by Gasteiger charge is -2.05. The zero-order valence-corrected chi connectivity index (χ0v) is 15.4. The van der Waals surface area contributed by atoms with E-state index in [2.05, 4.69) is 41.3 Å². The molecule has 8 heteroatoms. The Hall–Kier alpha value is -3.13. The highest BCUT2D eigenvalue weighted by molar-refractivity contribution is 9.10. The van der Waals surface area contributed by atoms with Gasteiger partial charge in [-0.25, -0.2) is 4.98 Å². The van der Waals surface area contributed by atoms with Crippen molar-refractivity contribution in [1.29, 1.82) is 0 Å². The van der Waals surface area contributed by atoms with Crippen LogP contribution in [0.15, 0.2) is 69.7 Å². The number of benzene rings is 2. The Bertz CT molecular complexity index is 1110. The first kappa shape index (κ1) is 16.3. The minimum absolute atomic E-state index is 0.343. The molecule has 2 N–H and O–H groups in total. The number of rotatable bonds is 3. The first-order valence-corrected chi connectivity index (χ1v) is 8.61. The van der Waals surface area contributed by atoms with Crippen LogP contribution in [0.1, 0.15) is 0 Å². The number of hydrogen-bond acceptors (Lipinski definition) is 6. The Labute approximate surface area is 157 Å². The van der Waals surface area contributed by atoms with Crippen LogP contribution >= 0.6 is 15.9 Å². The predicted molar refractivity (Wildman–Crippen MR) is 104 cm³/mol. The third kappa shape index (κ3) is 3.06. The minimum Gasteiger partial charge on any atom is -0.382 e. The molecule has 128 valence electrons. The molecule has 0 radical (unpaired) electrons. The van der Waals surface area contributed by atoms with E-state index in [0.29, 0.717) is 17.2 Å². The maximum absolute atomic E-state index is 6.01. The summed E-state index contributed by atoms with van der Waals surface area (Å²) in [6.07, 6.45) is 3.39. The molecule has 0 unspecified atom stereocenters. The van der Waals surface area contributed by atoms with E-state index < -0.39 is 0 Å². The molecule has 0 atom stereocenters. The fraction of sp³-hybridized carbons (Fsp3) is 0.0556. The number of halogens is 1. The Morgan fingerprint density at radius 1 is 1.08 bits per heavy atom. The number of nitrogen functional groups attached to an aromatic ring is 1. The van der Waals surface area contributed by atoms with Gasteiger partial charge < -0.3 is 10.3 Å². The molecule has 0 fully saturated rings. The molecule has 0 amide bonds. The predicted octanol–water partition coefficient (Wildman–Crippen LogP) is 4.79. The van der Waals surface area contributed by atoms with Gasteiger partial charge in [-0.15, -0.1) is 15.3 Å². The molecular formula is C18H14BrN7. The highest BCUT2D eigenvalue weighted by Gasteiger charge is 2.08. The van der Waals surface area contributed by atoms with Crippen LogP contribution in [0.4, 0.5) is 17.2 Å². The minimum atomic E-state index is 0.343. The summed E-state index contributed by atoms with van der Waals surface area (Å²) in [5.41, 5.74) is 8.23. The van der Waals surface area contributed by atoms with E-state index in [-0.39, 0.29) is 0 Å². The number of fused-ring (bicyclic) bond motifs is 1. The van der Waals surface area contributed by atoms with Crippen LogP contribution < -0.4 is 5.73 Å². The maximum Gasteiger partial charge on any atom is 0.163 e. The van der Waals surface area contributed by atoms with Gasteiger partial charge in [-0.3, -0.25) is 0 Å². The zero-order valence-electron chi connectivity index (χ0n) is 13.8. The van der Waals surface area contributed by atoms with Crippen molar-refractivity contribution in [2.24, 2.45) is 17.3 Å². The molecule has 7 nitrogen and oxygen atoms in total. The van der Waals surface area contributed by atoms with Crippen molar-refractivity contribution in [3.63, 3.8) is 0 Å². The summed E-state index contributed by atoms with van der Waals surface area (Å²) in [5.74, 6) is 1.14. The molecule has 2 heterocycles. The van der Waals surface area contributed by atoms with E-state index in [9.17, 15) is 0 Å². The Morgan fingerprint density at radius 3 is 2.62 bits per heavy atom. The summed E-state index contributed by atoms with van der Waals surface area (Å²) >= 11 is 3.47. The van der Waals surface area contributed by atoms with E-state index in [1.165, 1.54) is 0 Å². The summed E-state index contributed by atoms with van der Waals surface area (Å²) in [4.78, 5) is 4.20. The topological polar surface area (TPSA) is 94.3 Å². The van der Waals surface area contributed by atoms with Crippen molar-refractivity contribution >= 4 is 43.9 Å². The normalized spacial score (nSPS) is 11.5. The van der Waals surface area contributed by atoms with Crippen LogP contribution in [0.5, 0.6) is 0 Å². The number of nitrogens with zero attached hydrogens (tertiary/aromatic N) is 6. The fourth-order valence-electron chi connectivity index (χ4n) is 2.62. The molecule has 4 rings (SSSR count). The van der Waals surface area contributed by atoms with Crippen LogP contribution in [0.25, 0.3) is 22.2 Å². The van der Waals surface area contributed by atoms with E-state index in [0.717, 1.165) is 26.6 Å². The molecule has 26 heavy (non-hydrogen) atoms. The summed E-state index contributed by atoms with van der Waals surface area (Å²) < 4.78 is 2.80. The second-order valence-corrected chi connectivity index (χ2v) is 6.65. The lowest BCUT2D eigenvalue weighted by atomic mass is 10.1.